The third kappa shape index (κ3) is 0.841. The Morgan fingerprint density at radius 1 is 1.36 bits per heavy atom. The third-order valence-electron chi connectivity index (χ3n) is 1.55. The van der Waals surface area contributed by atoms with Gasteiger partial charge < -0.3 is 10.8 Å². The summed E-state index contributed by atoms with van der Waals surface area (Å²) in [5.74, 6) is 0. The summed E-state index contributed by atoms with van der Waals surface area (Å²) in [6.07, 6.45) is 1.46. The molecule has 1 heterocycles. The Morgan fingerprint density at radius 2 is 2.18 bits per heavy atom. The number of fused-ring (bicyclic) bond motifs is 1. The van der Waals surface area contributed by atoms with E-state index in [4.69, 9.17) is 0 Å². The van der Waals surface area contributed by atoms with Gasteiger partial charge in [-0.1, -0.05) is 12.1 Å². The van der Waals surface area contributed by atoms with Gasteiger partial charge in [0.25, 0.3) is 0 Å². The summed E-state index contributed by atoms with van der Waals surface area (Å²) in [5.41, 5.74) is 3.36. The minimum Gasteiger partial charge on any atom is -0.746 e. The van der Waals surface area contributed by atoms with Crippen molar-refractivity contribution in [2.45, 2.75) is 0 Å². The van der Waals surface area contributed by atoms with Crippen molar-refractivity contribution in [1.82, 2.24) is 9.66 Å². The van der Waals surface area contributed by atoms with Crippen LogP contribution in [0.1, 0.15) is 0 Å². The van der Waals surface area contributed by atoms with Crippen LogP contribution in [0.25, 0.3) is 11.0 Å². The minimum atomic E-state index is 0.794. The number of para-hydroxylation sites is 2. The zero-order chi connectivity index (χ0) is 7.68. The van der Waals surface area contributed by atoms with Crippen molar-refractivity contribution >= 4 is 11.0 Å². The number of nitrogens with one attached hydrogen (secondary N) is 1. The van der Waals surface area contributed by atoms with E-state index < -0.39 is 0 Å². The van der Waals surface area contributed by atoms with Crippen molar-refractivity contribution in [1.29, 1.82) is 0 Å². The van der Waals surface area contributed by atoms with Gasteiger partial charge in [0, 0.05) is 0 Å². The quantitative estimate of drug-likeness (QED) is 0.615. The first kappa shape index (κ1) is 6.18. The molecule has 0 radical (unpaired) electrons. The first-order chi connectivity index (χ1) is 5.42. The van der Waals surface area contributed by atoms with Gasteiger partial charge in [0.1, 0.15) is 6.33 Å². The molecule has 1 aromatic carbocycles. The van der Waals surface area contributed by atoms with E-state index in [9.17, 15) is 5.21 Å². The second kappa shape index (κ2) is 2.25. The molecule has 0 amide bonds. The van der Waals surface area contributed by atoms with E-state index in [1.165, 1.54) is 11.0 Å². The van der Waals surface area contributed by atoms with Crippen LogP contribution in [0.3, 0.4) is 0 Å². The van der Waals surface area contributed by atoms with Gasteiger partial charge in [-0.05, 0) is 12.1 Å². The standard InChI is InChI=1S/C7H6N3O/c11-9-10-5-8-6-3-1-2-4-7(6)10/h1-5,9H/q-1. The summed E-state index contributed by atoms with van der Waals surface area (Å²) in [4.78, 5) is 3.99. The maximum Gasteiger partial charge on any atom is 0.114 e. The van der Waals surface area contributed by atoms with Crippen molar-refractivity contribution < 1.29 is 0 Å². The maximum absolute atomic E-state index is 10.3. The molecule has 0 atom stereocenters. The average molecular weight is 148 g/mol. The molecule has 1 N–H and O–H groups in total. The maximum atomic E-state index is 10.3. The number of benzene rings is 1. The lowest BCUT2D eigenvalue weighted by Gasteiger charge is -2.09. The van der Waals surface area contributed by atoms with E-state index in [0.717, 1.165) is 11.0 Å². The normalized spacial score (nSPS) is 10.3. The van der Waals surface area contributed by atoms with Crippen LogP contribution in [-0.2, 0) is 0 Å². The summed E-state index contributed by atoms with van der Waals surface area (Å²) in [6, 6.07) is 7.42. The van der Waals surface area contributed by atoms with Crippen LogP contribution in [0, 0.1) is 5.21 Å². The lowest BCUT2D eigenvalue weighted by Crippen LogP contribution is -2.03. The predicted molar refractivity (Wildman–Crippen MR) is 42.5 cm³/mol. The van der Waals surface area contributed by atoms with E-state index in [2.05, 4.69) is 4.98 Å². The van der Waals surface area contributed by atoms with Crippen molar-refractivity contribution in [3.05, 3.63) is 35.8 Å². The Labute approximate surface area is 63.0 Å². The van der Waals surface area contributed by atoms with E-state index in [0.29, 0.717) is 0 Å². The summed E-state index contributed by atoms with van der Waals surface area (Å²) >= 11 is 0. The SMILES string of the molecule is [O-]Nn1cnc2ccccc21. The molecule has 0 bridgehead atoms. The molecule has 2 rings (SSSR count). The molecule has 0 saturated carbocycles. The lowest BCUT2D eigenvalue weighted by molar-refractivity contribution is 0.988. The Hall–Kier alpha value is -1.55. The zero-order valence-corrected chi connectivity index (χ0v) is 5.69. The Bertz CT molecular complexity index is 368. The molecular formula is C7H6N3O-. The number of nitrogens with zero attached hydrogens (tertiary/aromatic N) is 2. The zero-order valence-electron chi connectivity index (χ0n) is 5.69. The smallest absolute Gasteiger partial charge is 0.114 e. The van der Waals surface area contributed by atoms with Gasteiger partial charge in [0.2, 0.25) is 0 Å². The molecule has 0 aliphatic heterocycles. The summed E-state index contributed by atoms with van der Waals surface area (Å²) in [7, 11) is 0. The fraction of sp³-hybridized carbons (Fsp3) is 0. The monoisotopic (exact) mass is 148 g/mol. The Balaban J connectivity index is 2.76. The fourth-order valence-corrected chi connectivity index (χ4v) is 1.03. The molecule has 11 heavy (non-hydrogen) atoms. The van der Waals surface area contributed by atoms with Gasteiger partial charge in [-0.3, -0.25) is 4.68 Å². The van der Waals surface area contributed by atoms with Crippen molar-refractivity contribution in [2.24, 2.45) is 0 Å². The van der Waals surface area contributed by atoms with Crippen LogP contribution < -0.4 is 5.59 Å². The second-order valence-corrected chi connectivity index (χ2v) is 2.19. The minimum absolute atomic E-state index is 0.794. The molecule has 0 unspecified atom stereocenters. The summed E-state index contributed by atoms with van der Waals surface area (Å²) < 4.78 is 1.33. The highest BCUT2D eigenvalue weighted by atomic mass is 16.5. The van der Waals surface area contributed by atoms with Crippen LogP contribution >= 0.6 is 0 Å². The predicted octanol–water partition coefficient (Wildman–Crippen LogP) is 1.08. The van der Waals surface area contributed by atoms with Gasteiger partial charge in [-0.2, -0.15) is 0 Å². The molecular weight excluding hydrogens is 142 g/mol. The average Bonchev–Trinajstić information content (AvgIpc) is 2.47. The molecule has 0 aliphatic carbocycles. The summed E-state index contributed by atoms with van der Waals surface area (Å²) in [5, 5.41) is 10.3. The second-order valence-electron chi connectivity index (χ2n) is 2.19. The highest BCUT2D eigenvalue weighted by Gasteiger charge is 1.95. The molecule has 2 aromatic rings. The molecule has 4 heteroatoms. The Kier molecular flexibility index (Phi) is 1.26. The first-order valence-corrected chi connectivity index (χ1v) is 3.22. The van der Waals surface area contributed by atoms with Crippen molar-refractivity contribution in [3.63, 3.8) is 0 Å². The number of hydrogen-bond donors (Lipinski definition) is 1. The molecule has 1 aromatic heterocycles. The van der Waals surface area contributed by atoms with Crippen molar-refractivity contribution in [3.8, 4) is 0 Å². The van der Waals surface area contributed by atoms with E-state index in [1.807, 2.05) is 24.3 Å². The molecule has 0 aliphatic rings. The number of hydrogen-bond acceptors (Lipinski definition) is 3. The lowest BCUT2D eigenvalue weighted by atomic mass is 10.3. The number of aromatic nitrogens is 2. The van der Waals surface area contributed by atoms with Crippen LogP contribution in [-0.4, -0.2) is 9.66 Å². The van der Waals surface area contributed by atoms with Gasteiger partial charge in [-0.25, -0.2) is 4.98 Å². The largest absolute Gasteiger partial charge is 0.746 e. The van der Waals surface area contributed by atoms with Gasteiger partial charge >= 0.3 is 0 Å². The van der Waals surface area contributed by atoms with Crippen LogP contribution in [0.4, 0.5) is 0 Å². The molecule has 0 saturated heterocycles. The Morgan fingerprint density at radius 3 is 3.00 bits per heavy atom. The van der Waals surface area contributed by atoms with Crippen molar-refractivity contribution in [2.75, 3.05) is 5.59 Å². The summed E-state index contributed by atoms with van der Waals surface area (Å²) in [6.45, 7) is 0. The van der Waals surface area contributed by atoms with E-state index in [-0.39, 0.29) is 0 Å². The van der Waals surface area contributed by atoms with E-state index in [1.54, 1.807) is 5.59 Å². The number of rotatable bonds is 1. The van der Waals surface area contributed by atoms with E-state index >= 15 is 0 Å². The van der Waals surface area contributed by atoms with Gasteiger partial charge in [0.15, 0.2) is 0 Å². The molecule has 0 spiro atoms. The van der Waals surface area contributed by atoms with Crippen LogP contribution in [0.5, 0.6) is 0 Å². The van der Waals surface area contributed by atoms with Crippen LogP contribution in [0.15, 0.2) is 30.6 Å². The molecule has 0 fully saturated rings. The topological polar surface area (TPSA) is 52.9 Å². The van der Waals surface area contributed by atoms with Gasteiger partial charge in [0.05, 0.1) is 11.0 Å². The first-order valence-electron chi connectivity index (χ1n) is 3.22. The highest BCUT2D eigenvalue weighted by Crippen LogP contribution is 2.09. The molecule has 56 valence electrons. The molecule has 4 nitrogen and oxygen atoms in total. The fourth-order valence-electron chi connectivity index (χ4n) is 1.03. The van der Waals surface area contributed by atoms with Gasteiger partial charge in [-0.15, -0.1) is 0 Å². The number of imidazole rings is 1. The highest BCUT2D eigenvalue weighted by molar-refractivity contribution is 5.75. The van der Waals surface area contributed by atoms with Crippen LogP contribution in [0.2, 0.25) is 0 Å². The third-order valence-corrected chi connectivity index (χ3v) is 1.55.